The van der Waals surface area contributed by atoms with E-state index in [1.807, 2.05) is 6.07 Å². The molecular weight excluding hydrogens is 501 g/mol. The van der Waals surface area contributed by atoms with E-state index in [9.17, 15) is 18.8 Å². The molecular formula is C28H28FN7O3. The summed E-state index contributed by atoms with van der Waals surface area (Å²) < 4.78 is 14.8. The first-order chi connectivity index (χ1) is 19.0. The number of halogens is 1. The molecule has 1 aromatic heterocycles. The van der Waals surface area contributed by atoms with Gasteiger partial charge in [0, 0.05) is 54.3 Å². The van der Waals surface area contributed by atoms with Gasteiger partial charge in [-0.25, -0.2) is 4.39 Å². The molecule has 39 heavy (non-hydrogen) atoms. The number of hydrogen-bond donors (Lipinski definition) is 3. The molecule has 10 nitrogen and oxygen atoms in total. The van der Waals surface area contributed by atoms with Crippen molar-refractivity contribution in [1.29, 1.82) is 0 Å². The zero-order valence-corrected chi connectivity index (χ0v) is 21.2. The highest BCUT2D eigenvalue weighted by Gasteiger charge is 2.30. The number of piperidine rings is 1. The average Bonchev–Trinajstić information content (AvgIpc) is 3.44. The Morgan fingerprint density at radius 1 is 1.13 bits per heavy atom. The topological polar surface area (TPSA) is 132 Å². The summed E-state index contributed by atoms with van der Waals surface area (Å²) in [6.45, 7) is 1.58. The van der Waals surface area contributed by atoms with Crippen LogP contribution < -0.4 is 10.6 Å². The maximum Gasteiger partial charge on any atom is 0.292 e. The predicted octanol–water partition coefficient (Wildman–Crippen LogP) is 3.28. The van der Waals surface area contributed by atoms with Crippen molar-refractivity contribution >= 4 is 28.6 Å². The third-order valence-electron chi connectivity index (χ3n) is 7.64. The number of rotatable bonds is 5. The minimum absolute atomic E-state index is 0.0116. The molecule has 1 atom stereocenters. The summed E-state index contributed by atoms with van der Waals surface area (Å²) in [6.07, 6.45) is 4.78. The van der Waals surface area contributed by atoms with Crippen LogP contribution in [0.3, 0.4) is 0 Å². The Hall–Kier alpha value is -4.41. The van der Waals surface area contributed by atoms with Crippen LogP contribution in [0.1, 0.15) is 52.0 Å². The van der Waals surface area contributed by atoms with Gasteiger partial charge in [0.1, 0.15) is 11.9 Å². The van der Waals surface area contributed by atoms with E-state index in [-0.39, 0.29) is 35.4 Å². The monoisotopic (exact) mass is 529 g/mol. The number of nitrogens with one attached hydrogen (secondary N) is 3. The number of amides is 3. The Morgan fingerprint density at radius 3 is 2.82 bits per heavy atom. The zero-order chi connectivity index (χ0) is 26.9. The summed E-state index contributed by atoms with van der Waals surface area (Å²) in [5.74, 6) is -1.44. The van der Waals surface area contributed by atoms with E-state index < -0.39 is 5.82 Å². The number of nitrogens with zero attached hydrogens (tertiary/aromatic N) is 4. The summed E-state index contributed by atoms with van der Waals surface area (Å²) in [4.78, 5) is 39.7. The molecule has 1 unspecified atom stereocenters. The van der Waals surface area contributed by atoms with Gasteiger partial charge in [-0.05, 0) is 55.5 Å². The average molecular weight is 530 g/mol. The number of H-pyrrole nitrogens is 1. The fourth-order valence-electron chi connectivity index (χ4n) is 5.48. The van der Waals surface area contributed by atoms with Crippen molar-refractivity contribution in [1.82, 2.24) is 25.7 Å². The smallest absolute Gasteiger partial charge is 0.292 e. The van der Waals surface area contributed by atoms with Gasteiger partial charge in [0.15, 0.2) is 0 Å². The molecule has 0 radical (unpaired) electrons. The van der Waals surface area contributed by atoms with Crippen molar-refractivity contribution in [3.8, 4) is 0 Å². The molecule has 0 spiro atoms. The quantitative estimate of drug-likeness (QED) is 0.467. The molecule has 0 saturated carbocycles. The van der Waals surface area contributed by atoms with Crippen molar-refractivity contribution in [2.45, 2.75) is 44.2 Å². The molecule has 6 rings (SSSR count). The van der Waals surface area contributed by atoms with E-state index in [2.05, 4.69) is 31.1 Å². The SMILES string of the molecule is O=C1N=NC(Cc2ccc(F)c(C(=O)N3CCC(NC(=O)c4ccc5cn[nH]c5c4)CC3)c2)C2=C1CCCN2. The number of carbonyl (C=O) groups is 3. The second-order valence-electron chi connectivity index (χ2n) is 10.2. The first-order valence-corrected chi connectivity index (χ1v) is 13.2. The normalized spacial score (nSPS) is 19.7. The van der Waals surface area contributed by atoms with Crippen molar-refractivity contribution < 1.29 is 18.8 Å². The Balaban J connectivity index is 1.08. The van der Waals surface area contributed by atoms with E-state index >= 15 is 0 Å². The fourth-order valence-corrected chi connectivity index (χ4v) is 5.48. The third kappa shape index (κ3) is 5.04. The molecule has 0 bridgehead atoms. The second-order valence-corrected chi connectivity index (χ2v) is 10.2. The second kappa shape index (κ2) is 10.4. The summed E-state index contributed by atoms with van der Waals surface area (Å²) in [6, 6.07) is 9.45. The largest absolute Gasteiger partial charge is 0.386 e. The lowest BCUT2D eigenvalue weighted by molar-refractivity contribution is -0.115. The third-order valence-corrected chi connectivity index (χ3v) is 7.64. The van der Waals surface area contributed by atoms with E-state index in [1.165, 1.54) is 6.07 Å². The molecule has 3 aliphatic rings. The minimum atomic E-state index is -0.579. The number of carbonyl (C=O) groups excluding carboxylic acids is 3. The van der Waals surface area contributed by atoms with Gasteiger partial charge in [0.25, 0.3) is 17.7 Å². The van der Waals surface area contributed by atoms with Gasteiger partial charge in [-0.1, -0.05) is 12.1 Å². The number of azo groups is 1. The van der Waals surface area contributed by atoms with E-state index in [0.29, 0.717) is 49.9 Å². The summed E-state index contributed by atoms with van der Waals surface area (Å²) in [7, 11) is 0. The Morgan fingerprint density at radius 2 is 1.97 bits per heavy atom. The summed E-state index contributed by atoms with van der Waals surface area (Å²) >= 11 is 0. The first-order valence-electron chi connectivity index (χ1n) is 13.2. The maximum absolute atomic E-state index is 14.8. The molecule has 3 aliphatic heterocycles. The number of fused-ring (bicyclic) bond motifs is 1. The Bertz CT molecular complexity index is 1520. The highest BCUT2D eigenvalue weighted by Crippen LogP contribution is 2.27. The Kier molecular flexibility index (Phi) is 6.64. The van der Waals surface area contributed by atoms with Crippen LogP contribution in [0.5, 0.6) is 0 Å². The first kappa shape index (κ1) is 24.9. The van der Waals surface area contributed by atoms with Gasteiger partial charge in [-0.15, -0.1) is 5.11 Å². The lowest BCUT2D eigenvalue weighted by atomic mass is 9.93. The summed E-state index contributed by atoms with van der Waals surface area (Å²) in [5, 5.41) is 22.1. The molecule has 1 saturated heterocycles. The van der Waals surface area contributed by atoms with E-state index in [4.69, 9.17) is 0 Å². The van der Waals surface area contributed by atoms with Crippen LogP contribution in [0.2, 0.25) is 0 Å². The molecule has 200 valence electrons. The molecule has 1 fully saturated rings. The van der Waals surface area contributed by atoms with Crippen LogP contribution in [0.25, 0.3) is 10.9 Å². The highest BCUT2D eigenvalue weighted by molar-refractivity contribution is 5.98. The van der Waals surface area contributed by atoms with Crippen LogP contribution in [0, 0.1) is 5.82 Å². The van der Waals surface area contributed by atoms with Crippen LogP contribution in [0.4, 0.5) is 4.39 Å². The molecule has 3 amide bonds. The maximum atomic E-state index is 14.8. The van der Waals surface area contributed by atoms with E-state index in [1.54, 1.807) is 35.4 Å². The van der Waals surface area contributed by atoms with Gasteiger partial charge in [0.05, 0.1) is 17.3 Å². The van der Waals surface area contributed by atoms with Gasteiger partial charge >= 0.3 is 0 Å². The number of likely N-dealkylation sites (tertiary alicyclic amines) is 1. The standard InChI is InChI=1S/C28H28FN7O3/c29-22-6-3-16(13-24-25-20(2-1-9-30-25)27(38)35-34-24)12-21(22)28(39)36-10-7-19(8-11-36)32-26(37)17-4-5-18-15-31-33-23(18)14-17/h3-6,12,14-15,19,24,30H,1-2,7-11,13H2,(H,31,33)(H,32,37). The van der Waals surface area contributed by atoms with Gasteiger partial charge in [0.2, 0.25) is 0 Å². The number of aromatic nitrogens is 2. The molecule has 2 aromatic carbocycles. The zero-order valence-electron chi connectivity index (χ0n) is 21.2. The fraction of sp³-hybridized carbons (Fsp3) is 0.357. The van der Waals surface area contributed by atoms with Crippen molar-refractivity contribution in [2.24, 2.45) is 10.2 Å². The van der Waals surface area contributed by atoms with Crippen molar-refractivity contribution in [3.63, 3.8) is 0 Å². The van der Waals surface area contributed by atoms with Gasteiger partial charge < -0.3 is 15.5 Å². The van der Waals surface area contributed by atoms with Crippen molar-refractivity contribution in [2.75, 3.05) is 19.6 Å². The number of benzene rings is 2. The minimum Gasteiger partial charge on any atom is -0.386 e. The van der Waals surface area contributed by atoms with E-state index in [0.717, 1.165) is 35.1 Å². The number of aromatic amines is 1. The lowest BCUT2D eigenvalue weighted by Crippen LogP contribution is -2.46. The molecule has 3 aromatic rings. The van der Waals surface area contributed by atoms with Crippen LogP contribution in [-0.2, 0) is 11.2 Å². The predicted molar refractivity (Wildman–Crippen MR) is 141 cm³/mol. The molecule has 11 heteroatoms. The lowest BCUT2D eigenvalue weighted by Gasteiger charge is -2.32. The number of hydrogen-bond acceptors (Lipinski definition) is 6. The highest BCUT2D eigenvalue weighted by atomic mass is 19.1. The summed E-state index contributed by atoms with van der Waals surface area (Å²) in [5.41, 5.74) is 3.53. The van der Waals surface area contributed by atoms with Crippen LogP contribution >= 0.6 is 0 Å². The Labute approximate surface area is 223 Å². The van der Waals surface area contributed by atoms with Crippen LogP contribution in [0.15, 0.2) is 64.1 Å². The molecule has 4 heterocycles. The van der Waals surface area contributed by atoms with Gasteiger partial charge in [-0.3, -0.25) is 19.5 Å². The molecule has 0 aliphatic carbocycles. The molecule has 3 N–H and O–H groups in total. The van der Waals surface area contributed by atoms with Crippen LogP contribution in [-0.4, -0.2) is 64.5 Å². The van der Waals surface area contributed by atoms with Crippen molar-refractivity contribution in [3.05, 3.63) is 76.4 Å². The van der Waals surface area contributed by atoms with Gasteiger partial charge in [-0.2, -0.15) is 10.2 Å².